The lowest BCUT2D eigenvalue weighted by molar-refractivity contribution is -0.165. The minimum Gasteiger partial charge on any atom is -0.369 e. The van der Waals surface area contributed by atoms with E-state index in [9.17, 15) is 9.59 Å². The topological polar surface area (TPSA) is 66.6 Å². The second kappa shape index (κ2) is 5.70. The van der Waals surface area contributed by atoms with Crippen LogP contribution in [-0.2, 0) is 9.59 Å². The molecule has 25 heavy (non-hydrogen) atoms. The highest BCUT2D eigenvalue weighted by atomic mass is 16.2. The third-order valence-corrected chi connectivity index (χ3v) is 8.09. The van der Waals surface area contributed by atoms with Gasteiger partial charge in [0.05, 0.1) is 5.41 Å². The molecule has 2 heterocycles. The summed E-state index contributed by atoms with van der Waals surface area (Å²) >= 11 is 0. The van der Waals surface area contributed by atoms with Crippen LogP contribution >= 0.6 is 0 Å². The number of likely N-dealkylation sites (tertiary alicyclic amines) is 2. The van der Waals surface area contributed by atoms with Crippen LogP contribution in [0.5, 0.6) is 0 Å². The lowest BCUT2D eigenvalue weighted by Crippen LogP contribution is -2.66. The summed E-state index contributed by atoms with van der Waals surface area (Å²) in [6.45, 7) is 3.72. The standard InChI is InChI=1S/C20H31N3O2/c21-18(24)16-1-3-22(4-2-16)17-11-23(12-17)19(25)20-8-13-5-14(9-20)7-15(6-13)10-20/h13-17H,1-12H2,(H2,21,24). The summed E-state index contributed by atoms with van der Waals surface area (Å²) in [7, 11) is 0. The van der Waals surface area contributed by atoms with Crippen LogP contribution in [0.2, 0.25) is 0 Å². The van der Waals surface area contributed by atoms with Crippen LogP contribution in [-0.4, -0.2) is 53.8 Å². The lowest BCUT2D eigenvalue weighted by Gasteiger charge is -2.58. The Morgan fingerprint density at radius 1 is 0.880 bits per heavy atom. The highest BCUT2D eigenvalue weighted by Crippen LogP contribution is 2.60. The molecule has 4 saturated carbocycles. The second-order valence-corrected chi connectivity index (χ2v) is 9.77. The maximum atomic E-state index is 13.3. The van der Waals surface area contributed by atoms with E-state index in [0.29, 0.717) is 11.9 Å². The summed E-state index contributed by atoms with van der Waals surface area (Å²) < 4.78 is 0. The van der Waals surface area contributed by atoms with Crippen molar-refractivity contribution in [3.05, 3.63) is 0 Å². The van der Waals surface area contributed by atoms with Gasteiger partial charge in [-0.1, -0.05) is 0 Å². The first-order valence-corrected chi connectivity index (χ1v) is 10.4. The molecule has 5 nitrogen and oxygen atoms in total. The van der Waals surface area contributed by atoms with Gasteiger partial charge in [0, 0.05) is 25.0 Å². The van der Waals surface area contributed by atoms with Gasteiger partial charge in [-0.05, 0) is 82.2 Å². The molecule has 2 saturated heterocycles. The zero-order valence-electron chi connectivity index (χ0n) is 15.2. The Balaban J connectivity index is 1.17. The van der Waals surface area contributed by atoms with Crippen LogP contribution in [0, 0.1) is 29.1 Å². The van der Waals surface area contributed by atoms with Crippen LogP contribution in [0.4, 0.5) is 0 Å². The van der Waals surface area contributed by atoms with Crippen LogP contribution in [0.1, 0.15) is 51.4 Å². The summed E-state index contributed by atoms with van der Waals surface area (Å²) in [4.78, 5) is 29.2. The molecule has 0 unspecified atom stereocenters. The highest BCUT2D eigenvalue weighted by molar-refractivity contribution is 5.84. The minimum atomic E-state index is -0.146. The van der Waals surface area contributed by atoms with Gasteiger partial charge < -0.3 is 10.6 Å². The molecule has 138 valence electrons. The van der Waals surface area contributed by atoms with Crippen molar-refractivity contribution in [1.82, 2.24) is 9.80 Å². The van der Waals surface area contributed by atoms with Crippen molar-refractivity contribution in [3.63, 3.8) is 0 Å². The van der Waals surface area contributed by atoms with E-state index in [-0.39, 0.29) is 17.2 Å². The predicted octanol–water partition coefficient (Wildman–Crippen LogP) is 1.61. The molecule has 2 aliphatic heterocycles. The van der Waals surface area contributed by atoms with Crippen molar-refractivity contribution in [1.29, 1.82) is 0 Å². The Kier molecular flexibility index (Phi) is 3.67. The molecule has 6 aliphatic rings. The fourth-order valence-electron chi connectivity index (χ4n) is 7.11. The molecule has 0 atom stereocenters. The number of hydrogen-bond donors (Lipinski definition) is 1. The molecule has 2 N–H and O–H groups in total. The highest BCUT2D eigenvalue weighted by Gasteiger charge is 2.56. The molecular weight excluding hydrogens is 314 g/mol. The van der Waals surface area contributed by atoms with Crippen LogP contribution in [0.25, 0.3) is 0 Å². The van der Waals surface area contributed by atoms with E-state index in [4.69, 9.17) is 5.73 Å². The van der Waals surface area contributed by atoms with Gasteiger partial charge in [0.2, 0.25) is 11.8 Å². The van der Waals surface area contributed by atoms with Gasteiger partial charge in [-0.3, -0.25) is 14.5 Å². The molecule has 5 heteroatoms. The molecule has 0 spiro atoms. The molecule has 4 bridgehead atoms. The van der Waals surface area contributed by atoms with Crippen LogP contribution in [0.3, 0.4) is 0 Å². The predicted molar refractivity (Wildman–Crippen MR) is 94.5 cm³/mol. The summed E-state index contributed by atoms with van der Waals surface area (Å²) in [5.41, 5.74) is 5.44. The third-order valence-electron chi connectivity index (χ3n) is 8.09. The monoisotopic (exact) mass is 345 g/mol. The zero-order chi connectivity index (χ0) is 17.2. The number of hydrogen-bond acceptors (Lipinski definition) is 3. The van der Waals surface area contributed by atoms with Gasteiger partial charge >= 0.3 is 0 Å². The quantitative estimate of drug-likeness (QED) is 0.845. The van der Waals surface area contributed by atoms with Crippen molar-refractivity contribution in [3.8, 4) is 0 Å². The van der Waals surface area contributed by atoms with E-state index < -0.39 is 0 Å². The minimum absolute atomic E-state index is 0.0126. The van der Waals surface area contributed by atoms with E-state index in [1.165, 1.54) is 38.5 Å². The van der Waals surface area contributed by atoms with Gasteiger partial charge in [-0.2, -0.15) is 0 Å². The first-order valence-electron chi connectivity index (χ1n) is 10.4. The Hall–Kier alpha value is -1.10. The molecule has 4 aliphatic carbocycles. The van der Waals surface area contributed by atoms with Gasteiger partial charge in [-0.25, -0.2) is 0 Å². The fourth-order valence-corrected chi connectivity index (χ4v) is 7.11. The average Bonchev–Trinajstić information content (AvgIpc) is 2.52. The fraction of sp³-hybridized carbons (Fsp3) is 0.900. The van der Waals surface area contributed by atoms with Gasteiger partial charge in [-0.15, -0.1) is 0 Å². The summed E-state index contributed by atoms with van der Waals surface area (Å²) in [5, 5.41) is 0. The number of carbonyl (C=O) groups is 2. The van der Waals surface area contributed by atoms with Gasteiger partial charge in [0.1, 0.15) is 0 Å². The summed E-state index contributed by atoms with van der Waals surface area (Å²) in [6.07, 6.45) is 9.45. The van der Waals surface area contributed by atoms with Gasteiger partial charge in [0.15, 0.2) is 0 Å². The maximum absolute atomic E-state index is 13.3. The molecule has 0 aromatic rings. The number of rotatable bonds is 3. The lowest BCUT2D eigenvalue weighted by atomic mass is 9.49. The van der Waals surface area contributed by atoms with Crippen LogP contribution < -0.4 is 5.73 Å². The van der Waals surface area contributed by atoms with Crippen molar-refractivity contribution < 1.29 is 9.59 Å². The number of nitrogens with two attached hydrogens (primary N) is 1. The van der Waals surface area contributed by atoms with E-state index in [1.807, 2.05) is 0 Å². The Bertz CT molecular complexity index is 540. The molecule has 0 aromatic heterocycles. The van der Waals surface area contributed by atoms with E-state index in [2.05, 4.69) is 9.80 Å². The zero-order valence-corrected chi connectivity index (χ0v) is 15.2. The SMILES string of the molecule is NC(=O)C1CCN(C2CN(C(=O)C34CC5CC(CC(C5)C3)C4)C2)CC1. The number of carbonyl (C=O) groups excluding carboxylic acids is 2. The molecular formula is C20H31N3O2. The third kappa shape index (κ3) is 2.61. The maximum Gasteiger partial charge on any atom is 0.228 e. The van der Waals surface area contributed by atoms with Crippen molar-refractivity contribution in [2.45, 2.75) is 57.4 Å². The van der Waals surface area contributed by atoms with Crippen LogP contribution in [0.15, 0.2) is 0 Å². The molecule has 0 radical (unpaired) electrons. The number of primary amides is 1. The Labute approximate surface area is 150 Å². The Morgan fingerprint density at radius 2 is 1.40 bits per heavy atom. The van der Waals surface area contributed by atoms with E-state index in [0.717, 1.165) is 56.8 Å². The van der Waals surface area contributed by atoms with Gasteiger partial charge in [0.25, 0.3) is 0 Å². The van der Waals surface area contributed by atoms with E-state index in [1.54, 1.807) is 0 Å². The summed E-state index contributed by atoms with van der Waals surface area (Å²) in [6, 6.07) is 0.506. The largest absolute Gasteiger partial charge is 0.369 e. The molecule has 6 fully saturated rings. The molecule has 2 amide bonds. The number of nitrogens with zero attached hydrogens (tertiary/aromatic N) is 2. The second-order valence-electron chi connectivity index (χ2n) is 9.77. The van der Waals surface area contributed by atoms with E-state index >= 15 is 0 Å². The normalized spacial score (nSPS) is 41.8. The Morgan fingerprint density at radius 3 is 1.88 bits per heavy atom. The van der Waals surface area contributed by atoms with Crippen molar-refractivity contribution >= 4 is 11.8 Å². The molecule has 6 rings (SSSR count). The number of piperidine rings is 1. The first-order chi connectivity index (χ1) is 12.0. The summed E-state index contributed by atoms with van der Waals surface area (Å²) in [5.74, 6) is 2.89. The van der Waals surface area contributed by atoms with Crippen molar-refractivity contribution in [2.24, 2.45) is 34.8 Å². The van der Waals surface area contributed by atoms with Crippen molar-refractivity contribution in [2.75, 3.05) is 26.2 Å². The molecule has 0 aromatic carbocycles. The smallest absolute Gasteiger partial charge is 0.228 e. The number of amides is 2. The average molecular weight is 345 g/mol. The first kappa shape index (κ1) is 16.1.